The lowest BCUT2D eigenvalue weighted by molar-refractivity contribution is 0.0953. The molecule has 0 saturated heterocycles. The van der Waals surface area contributed by atoms with E-state index in [1.54, 1.807) is 17.9 Å². The number of hydrogen-bond acceptors (Lipinski definition) is 4. The maximum Gasteiger partial charge on any atom is 0.251 e. The van der Waals surface area contributed by atoms with Gasteiger partial charge in [-0.25, -0.2) is 8.78 Å². The average molecular weight is 295 g/mol. The summed E-state index contributed by atoms with van der Waals surface area (Å²) in [6.07, 6.45) is 2.32. The summed E-state index contributed by atoms with van der Waals surface area (Å²) in [6, 6.07) is 3.68. The lowest BCUT2D eigenvalue weighted by Gasteiger charge is -2.08. The Morgan fingerprint density at radius 2 is 2.05 bits per heavy atom. The third kappa shape index (κ3) is 3.54. The molecule has 0 aliphatic carbocycles. The zero-order chi connectivity index (χ0) is 15.4. The fourth-order valence-electron chi connectivity index (χ4n) is 1.84. The number of aromatic nitrogens is 2. The molecule has 0 atom stereocenters. The van der Waals surface area contributed by atoms with E-state index in [0.29, 0.717) is 13.0 Å². The molecule has 1 amide bonds. The monoisotopic (exact) mass is 295 g/mol. The van der Waals surface area contributed by atoms with Crippen molar-refractivity contribution in [3.05, 3.63) is 47.3 Å². The Hall–Kier alpha value is -2.48. The second-order valence-electron chi connectivity index (χ2n) is 4.45. The van der Waals surface area contributed by atoms with Crippen LogP contribution in [0.4, 0.5) is 14.5 Å². The number of aryl methyl sites for hydroxylation is 1. The van der Waals surface area contributed by atoms with Gasteiger partial charge in [-0.3, -0.25) is 15.3 Å². The number of amides is 1. The fourth-order valence-corrected chi connectivity index (χ4v) is 1.84. The zero-order valence-electron chi connectivity index (χ0n) is 11.4. The number of hydrogen-bond donors (Lipinski definition) is 3. The van der Waals surface area contributed by atoms with E-state index in [-0.39, 0.29) is 5.56 Å². The van der Waals surface area contributed by atoms with Crippen LogP contribution in [0, 0.1) is 11.6 Å². The van der Waals surface area contributed by atoms with Crippen molar-refractivity contribution in [2.45, 2.75) is 6.42 Å². The van der Waals surface area contributed by atoms with Crippen molar-refractivity contribution in [3.8, 4) is 0 Å². The summed E-state index contributed by atoms with van der Waals surface area (Å²) in [6.45, 7) is 0.315. The van der Waals surface area contributed by atoms with E-state index >= 15 is 0 Å². The number of nitrogens with one attached hydrogen (secondary N) is 2. The first-order valence-electron chi connectivity index (χ1n) is 6.23. The maximum atomic E-state index is 13.5. The van der Waals surface area contributed by atoms with E-state index in [1.807, 2.05) is 11.5 Å². The topological polar surface area (TPSA) is 85.0 Å². The second kappa shape index (κ2) is 6.31. The van der Waals surface area contributed by atoms with Crippen LogP contribution in [0.25, 0.3) is 0 Å². The third-order valence-electron chi connectivity index (χ3n) is 2.88. The van der Waals surface area contributed by atoms with Crippen molar-refractivity contribution in [1.29, 1.82) is 0 Å². The summed E-state index contributed by atoms with van der Waals surface area (Å²) < 4.78 is 28.6. The first-order chi connectivity index (χ1) is 10.0. The number of rotatable bonds is 5. The van der Waals surface area contributed by atoms with Crippen LogP contribution in [-0.2, 0) is 13.5 Å². The summed E-state index contributed by atoms with van der Waals surface area (Å²) >= 11 is 0. The van der Waals surface area contributed by atoms with Gasteiger partial charge in [-0.2, -0.15) is 5.10 Å². The Morgan fingerprint density at radius 3 is 2.57 bits per heavy atom. The molecule has 1 aromatic heterocycles. The lowest BCUT2D eigenvalue weighted by atomic mass is 10.1. The van der Waals surface area contributed by atoms with Crippen molar-refractivity contribution in [2.24, 2.45) is 12.9 Å². The fraction of sp³-hybridized carbons (Fsp3) is 0.231. The molecule has 0 saturated carbocycles. The molecule has 2 rings (SSSR count). The van der Waals surface area contributed by atoms with E-state index in [2.05, 4.69) is 10.4 Å². The predicted molar refractivity (Wildman–Crippen MR) is 73.4 cm³/mol. The van der Waals surface area contributed by atoms with Crippen LogP contribution in [-0.4, -0.2) is 22.2 Å². The van der Waals surface area contributed by atoms with Gasteiger partial charge in [0.1, 0.15) is 5.69 Å². The van der Waals surface area contributed by atoms with E-state index in [4.69, 9.17) is 5.84 Å². The van der Waals surface area contributed by atoms with Crippen LogP contribution in [0.15, 0.2) is 24.4 Å². The molecule has 1 aromatic carbocycles. The molecule has 21 heavy (non-hydrogen) atoms. The minimum atomic E-state index is -0.924. The summed E-state index contributed by atoms with van der Waals surface area (Å²) in [4.78, 5) is 11.8. The number of benzene rings is 1. The molecular formula is C13H15F2N5O. The maximum absolute atomic E-state index is 13.5. The number of carbonyl (C=O) groups is 1. The molecule has 2 aromatic rings. The van der Waals surface area contributed by atoms with Gasteiger partial charge in [0.2, 0.25) is 0 Å². The molecule has 6 nitrogen and oxygen atoms in total. The van der Waals surface area contributed by atoms with Crippen LogP contribution in [0.1, 0.15) is 16.1 Å². The van der Waals surface area contributed by atoms with Gasteiger partial charge in [0.15, 0.2) is 11.6 Å². The molecule has 0 bridgehead atoms. The normalized spacial score (nSPS) is 10.5. The summed E-state index contributed by atoms with van der Waals surface area (Å²) in [7, 11) is 1.79. The van der Waals surface area contributed by atoms with Gasteiger partial charge in [-0.05, 0) is 18.2 Å². The summed E-state index contributed by atoms with van der Waals surface area (Å²) in [5, 5.41) is 6.73. The predicted octanol–water partition coefficient (Wildman–Crippen LogP) is 0.956. The Morgan fingerprint density at radius 1 is 1.38 bits per heavy atom. The van der Waals surface area contributed by atoms with Gasteiger partial charge in [-0.1, -0.05) is 0 Å². The van der Waals surface area contributed by atoms with Crippen molar-refractivity contribution >= 4 is 11.6 Å². The highest BCUT2D eigenvalue weighted by atomic mass is 19.1. The molecule has 0 aliphatic rings. The first kappa shape index (κ1) is 14.9. The largest absolute Gasteiger partial charge is 0.352 e. The first-order valence-corrected chi connectivity index (χ1v) is 6.23. The Kier molecular flexibility index (Phi) is 4.49. The zero-order valence-corrected chi connectivity index (χ0v) is 11.4. The molecule has 0 spiro atoms. The van der Waals surface area contributed by atoms with Gasteiger partial charge in [-0.15, -0.1) is 0 Å². The van der Waals surface area contributed by atoms with Gasteiger partial charge in [0, 0.05) is 31.8 Å². The van der Waals surface area contributed by atoms with Gasteiger partial charge in [0.05, 0.1) is 5.69 Å². The van der Waals surface area contributed by atoms with Gasteiger partial charge in [0.25, 0.3) is 5.91 Å². The molecule has 0 unspecified atom stereocenters. The Balaban J connectivity index is 1.97. The van der Waals surface area contributed by atoms with E-state index in [9.17, 15) is 13.6 Å². The number of halogens is 2. The molecule has 4 N–H and O–H groups in total. The van der Waals surface area contributed by atoms with Crippen molar-refractivity contribution in [3.63, 3.8) is 0 Å². The number of anilines is 1. The number of nitrogens with two attached hydrogens (primary N) is 1. The lowest BCUT2D eigenvalue weighted by Crippen LogP contribution is -2.26. The molecule has 0 fully saturated rings. The quantitative estimate of drug-likeness (QED) is 0.566. The van der Waals surface area contributed by atoms with E-state index in [1.165, 1.54) is 0 Å². The molecule has 1 heterocycles. The molecule has 112 valence electrons. The number of nitrogen functional groups attached to an aromatic ring is 1. The summed E-state index contributed by atoms with van der Waals surface area (Å²) in [5.41, 5.74) is 2.14. The average Bonchev–Trinajstić information content (AvgIpc) is 2.84. The smallest absolute Gasteiger partial charge is 0.251 e. The van der Waals surface area contributed by atoms with Crippen LogP contribution in [0.3, 0.4) is 0 Å². The molecule has 0 aliphatic heterocycles. The van der Waals surface area contributed by atoms with Crippen LogP contribution in [0.5, 0.6) is 0 Å². The summed E-state index contributed by atoms with van der Waals surface area (Å²) in [5.74, 6) is 2.57. The Bertz CT molecular complexity index is 633. The highest BCUT2D eigenvalue weighted by Crippen LogP contribution is 2.19. The highest BCUT2D eigenvalue weighted by Gasteiger charge is 2.14. The second-order valence-corrected chi connectivity index (χ2v) is 4.45. The van der Waals surface area contributed by atoms with Crippen LogP contribution in [0.2, 0.25) is 0 Å². The van der Waals surface area contributed by atoms with E-state index < -0.39 is 23.2 Å². The highest BCUT2D eigenvalue weighted by molar-refractivity contribution is 5.94. The Labute approximate surface area is 119 Å². The third-order valence-corrected chi connectivity index (χ3v) is 2.88. The van der Waals surface area contributed by atoms with Crippen LogP contribution >= 0.6 is 0 Å². The number of hydrazine groups is 1. The number of carbonyl (C=O) groups excluding carboxylic acids is 1. The molecular weight excluding hydrogens is 280 g/mol. The van der Waals surface area contributed by atoms with Gasteiger partial charge < -0.3 is 10.7 Å². The van der Waals surface area contributed by atoms with Crippen LogP contribution < -0.4 is 16.6 Å². The SMILES string of the molecule is Cn1ccc(CCNC(=O)c2cc(F)c(NN)c(F)c2)n1. The minimum Gasteiger partial charge on any atom is -0.352 e. The minimum absolute atomic E-state index is 0.106. The molecule has 8 heteroatoms. The standard InChI is InChI=1S/C13H15F2N5O/c1-20-5-3-9(19-20)2-4-17-13(21)8-6-10(14)12(18-16)11(15)7-8/h3,5-7,18H,2,4,16H2,1H3,(H,17,21). The van der Waals surface area contributed by atoms with Crippen molar-refractivity contribution in [1.82, 2.24) is 15.1 Å². The number of nitrogens with zero attached hydrogens (tertiary/aromatic N) is 2. The van der Waals surface area contributed by atoms with Gasteiger partial charge >= 0.3 is 0 Å². The van der Waals surface area contributed by atoms with E-state index in [0.717, 1.165) is 17.8 Å². The molecule has 0 radical (unpaired) electrons. The van der Waals surface area contributed by atoms with Crippen molar-refractivity contribution < 1.29 is 13.6 Å². The van der Waals surface area contributed by atoms with Crippen molar-refractivity contribution in [2.75, 3.05) is 12.0 Å².